The van der Waals surface area contributed by atoms with E-state index in [2.05, 4.69) is 10.6 Å². The summed E-state index contributed by atoms with van der Waals surface area (Å²) in [6, 6.07) is 11.9. The second kappa shape index (κ2) is 7.12. The van der Waals surface area contributed by atoms with Crippen LogP contribution in [0, 0.1) is 0 Å². The zero-order valence-electron chi connectivity index (χ0n) is 16.2. The summed E-state index contributed by atoms with van der Waals surface area (Å²) >= 11 is 0. The number of hydrogen-bond acceptors (Lipinski definition) is 5. The second-order valence-electron chi connectivity index (χ2n) is 7.00. The lowest BCUT2D eigenvalue weighted by Crippen LogP contribution is -2.42. The van der Waals surface area contributed by atoms with Gasteiger partial charge in [0, 0.05) is 11.8 Å². The summed E-state index contributed by atoms with van der Waals surface area (Å²) in [5.41, 5.74) is 1.25. The van der Waals surface area contributed by atoms with Gasteiger partial charge in [0.05, 0.1) is 14.2 Å². The fourth-order valence-corrected chi connectivity index (χ4v) is 3.99. The molecule has 8 heteroatoms. The number of fused-ring (bicyclic) bond motifs is 2. The van der Waals surface area contributed by atoms with Gasteiger partial charge in [0.1, 0.15) is 12.1 Å². The standard InChI is InChI=1S/C21H21N3O5/c1-28-16-8-7-14(11-17(16)29-2)22-18(25)12-24-19(26)21(23-20(24)27)10-9-13-5-3-4-6-15(13)21/h3-8,11H,9-10,12H2,1-2H3,(H,22,25)(H,23,27). The Kier molecular flexibility index (Phi) is 4.62. The molecule has 2 N–H and O–H groups in total. The molecule has 1 fully saturated rings. The summed E-state index contributed by atoms with van der Waals surface area (Å²) < 4.78 is 10.4. The van der Waals surface area contributed by atoms with Crippen molar-refractivity contribution in [2.24, 2.45) is 0 Å². The van der Waals surface area contributed by atoms with Gasteiger partial charge >= 0.3 is 6.03 Å². The average molecular weight is 395 g/mol. The molecule has 2 aliphatic rings. The molecule has 4 rings (SSSR count). The van der Waals surface area contributed by atoms with E-state index >= 15 is 0 Å². The van der Waals surface area contributed by atoms with Gasteiger partial charge in [-0.3, -0.25) is 14.5 Å². The van der Waals surface area contributed by atoms with Crippen LogP contribution in [0.2, 0.25) is 0 Å². The number of urea groups is 1. The van der Waals surface area contributed by atoms with Crippen LogP contribution in [-0.2, 0) is 21.5 Å². The lowest BCUT2D eigenvalue weighted by Gasteiger charge is -2.22. The van der Waals surface area contributed by atoms with Crippen molar-refractivity contribution in [3.63, 3.8) is 0 Å². The Morgan fingerprint density at radius 1 is 1.14 bits per heavy atom. The maximum absolute atomic E-state index is 13.1. The highest BCUT2D eigenvalue weighted by molar-refractivity contribution is 6.10. The Bertz CT molecular complexity index is 1010. The van der Waals surface area contributed by atoms with Gasteiger partial charge in [0.15, 0.2) is 11.5 Å². The third-order valence-corrected chi connectivity index (χ3v) is 5.39. The maximum atomic E-state index is 13.1. The Labute approximate surface area is 167 Å². The van der Waals surface area contributed by atoms with Crippen molar-refractivity contribution in [2.45, 2.75) is 18.4 Å². The highest BCUT2D eigenvalue weighted by Gasteiger charge is 2.55. The summed E-state index contributed by atoms with van der Waals surface area (Å²) in [5, 5.41) is 5.49. The number of rotatable bonds is 5. The Hall–Kier alpha value is -3.55. The van der Waals surface area contributed by atoms with Gasteiger partial charge in [0.25, 0.3) is 5.91 Å². The van der Waals surface area contributed by atoms with Crippen molar-refractivity contribution in [3.05, 3.63) is 53.6 Å². The molecule has 0 saturated carbocycles. The maximum Gasteiger partial charge on any atom is 0.325 e. The van der Waals surface area contributed by atoms with E-state index in [9.17, 15) is 14.4 Å². The lowest BCUT2D eigenvalue weighted by molar-refractivity contribution is -0.134. The van der Waals surface area contributed by atoms with Gasteiger partial charge < -0.3 is 20.1 Å². The number of methoxy groups -OCH3 is 2. The van der Waals surface area contributed by atoms with E-state index in [0.717, 1.165) is 16.0 Å². The smallest absolute Gasteiger partial charge is 0.325 e. The number of benzene rings is 2. The van der Waals surface area contributed by atoms with E-state index in [4.69, 9.17) is 9.47 Å². The quantitative estimate of drug-likeness (QED) is 0.755. The molecule has 4 amide bonds. The van der Waals surface area contributed by atoms with Gasteiger partial charge in [-0.25, -0.2) is 4.79 Å². The van der Waals surface area contributed by atoms with E-state index < -0.39 is 23.4 Å². The van der Waals surface area contributed by atoms with Gasteiger partial charge in [-0.2, -0.15) is 0 Å². The third kappa shape index (κ3) is 3.06. The summed E-state index contributed by atoms with van der Waals surface area (Å²) in [7, 11) is 3.01. The van der Waals surface area contributed by atoms with Crippen LogP contribution in [0.3, 0.4) is 0 Å². The predicted molar refractivity (Wildman–Crippen MR) is 105 cm³/mol. The Morgan fingerprint density at radius 3 is 2.66 bits per heavy atom. The highest BCUT2D eigenvalue weighted by atomic mass is 16.5. The number of nitrogens with one attached hydrogen (secondary N) is 2. The fourth-order valence-electron chi connectivity index (χ4n) is 3.99. The molecule has 1 aliphatic heterocycles. The molecule has 2 aromatic rings. The van der Waals surface area contributed by atoms with Crippen LogP contribution in [0.5, 0.6) is 11.5 Å². The highest BCUT2D eigenvalue weighted by Crippen LogP contribution is 2.41. The number of imide groups is 1. The first kappa shape index (κ1) is 18.8. The van der Waals surface area contributed by atoms with Crippen molar-refractivity contribution in [1.82, 2.24) is 10.2 Å². The number of ether oxygens (including phenoxy) is 2. The number of hydrogen-bond donors (Lipinski definition) is 2. The Morgan fingerprint density at radius 2 is 1.90 bits per heavy atom. The minimum Gasteiger partial charge on any atom is -0.493 e. The number of nitrogens with zero attached hydrogens (tertiary/aromatic N) is 1. The molecule has 0 radical (unpaired) electrons. The van der Waals surface area contributed by atoms with Gasteiger partial charge in [-0.15, -0.1) is 0 Å². The van der Waals surface area contributed by atoms with Crippen LogP contribution in [0.1, 0.15) is 17.5 Å². The molecule has 1 aliphatic carbocycles. The largest absolute Gasteiger partial charge is 0.493 e. The van der Waals surface area contributed by atoms with Crippen LogP contribution in [0.25, 0.3) is 0 Å². The molecule has 1 atom stereocenters. The fraction of sp³-hybridized carbons (Fsp3) is 0.286. The van der Waals surface area contributed by atoms with Crippen LogP contribution in [0.15, 0.2) is 42.5 Å². The van der Waals surface area contributed by atoms with Crippen molar-refractivity contribution in [2.75, 3.05) is 26.1 Å². The first-order valence-electron chi connectivity index (χ1n) is 9.23. The average Bonchev–Trinajstić information content (AvgIpc) is 3.21. The van der Waals surface area contributed by atoms with Crippen LogP contribution < -0.4 is 20.1 Å². The molecular weight excluding hydrogens is 374 g/mol. The summed E-state index contributed by atoms with van der Waals surface area (Å²) in [6.45, 7) is -0.372. The SMILES string of the molecule is COc1ccc(NC(=O)CN2C(=O)NC3(CCc4ccccc43)C2=O)cc1OC. The molecule has 2 aromatic carbocycles. The van der Waals surface area contributed by atoms with Gasteiger partial charge in [-0.05, 0) is 36.1 Å². The number of amides is 4. The van der Waals surface area contributed by atoms with E-state index in [1.54, 1.807) is 18.2 Å². The number of anilines is 1. The number of carbonyl (C=O) groups is 3. The van der Waals surface area contributed by atoms with Crippen LogP contribution in [0.4, 0.5) is 10.5 Å². The molecule has 1 saturated heterocycles. The van der Waals surface area contributed by atoms with E-state index in [0.29, 0.717) is 30.0 Å². The summed E-state index contributed by atoms with van der Waals surface area (Å²) in [6.07, 6.45) is 1.19. The van der Waals surface area contributed by atoms with Crippen molar-refractivity contribution in [3.8, 4) is 11.5 Å². The predicted octanol–water partition coefficient (Wildman–Crippen LogP) is 2.04. The van der Waals surface area contributed by atoms with Crippen molar-refractivity contribution < 1.29 is 23.9 Å². The monoisotopic (exact) mass is 395 g/mol. The van der Waals surface area contributed by atoms with Crippen molar-refractivity contribution in [1.29, 1.82) is 0 Å². The van der Waals surface area contributed by atoms with Gasteiger partial charge in [-0.1, -0.05) is 24.3 Å². The molecule has 1 spiro atoms. The number of aryl methyl sites for hydroxylation is 1. The zero-order valence-corrected chi connectivity index (χ0v) is 16.2. The lowest BCUT2D eigenvalue weighted by atomic mass is 9.92. The molecular formula is C21H21N3O5. The first-order chi connectivity index (χ1) is 14.0. The molecule has 0 bridgehead atoms. The van der Waals surface area contributed by atoms with Crippen LogP contribution in [-0.4, -0.2) is 43.5 Å². The van der Waals surface area contributed by atoms with Crippen LogP contribution >= 0.6 is 0 Å². The molecule has 8 nitrogen and oxygen atoms in total. The minimum atomic E-state index is -1.07. The molecule has 1 heterocycles. The topological polar surface area (TPSA) is 97.0 Å². The molecule has 150 valence electrons. The van der Waals surface area contributed by atoms with Gasteiger partial charge in [0.2, 0.25) is 5.91 Å². The molecule has 29 heavy (non-hydrogen) atoms. The van der Waals surface area contributed by atoms with E-state index in [-0.39, 0.29) is 6.54 Å². The summed E-state index contributed by atoms with van der Waals surface area (Å²) in [4.78, 5) is 39.1. The third-order valence-electron chi connectivity index (χ3n) is 5.39. The minimum absolute atomic E-state index is 0.372. The second-order valence-corrected chi connectivity index (χ2v) is 7.00. The summed E-state index contributed by atoms with van der Waals surface area (Å²) in [5.74, 6) is 0.113. The van der Waals surface area contributed by atoms with Crippen molar-refractivity contribution >= 4 is 23.5 Å². The number of carbonyl (C=O) groups excluding carboxylic acids is 3. The molecule has 1 unspecified atom stereocenters. The van der Waals surface area contributed by atoms with E-state index in [1.807, 2.05) is 24.3 Å². The first-order valence-corrected chi connectivity index (χ1v) is 9.23. The van der Waals surface area contributed by atoms with E-state index in [1.165, 1.54) is 14.2 Å². The Balaban J connectivity index is 1.50. The zero-order chi connectivity index (χ0) is 20.6. The molecule has 0 aromatic heterocycles. The normalized spacial score (nSPS) is 19.9.